The lowest BCUT2D eigenvalue weighted by Crippen LogP contribution is -2.28. The number of hydrogen-bond acceptors (Lipinski definition) is 7. The lowest BCUT2D eigenvalue weighted by Gasteiger charge is -2.11. The number of non-ortho nitro benzene ring substituents is 1. The molecule has 3 aromatic rings. The van der Waals surface area contributed by atoms with Gasteiger partial charge in [0, 0.05) is 41.4 Å². The second-order valence-corrected chi connectivity index (χ2v) is 7.75. The number of nitro groups is 1. The first kappa shape index (κ1) is 22.3. The van der Waals surface area contributed by atoms with Crippen LogP contribution in [0, 0.1) is 17.0 Å². The topological polar surface area (TPSA) is 121 Å². The second-order valence-electron chi connectivity index (χ2n) is 7.31. The summed E-state index contributed by atoms with van der Waals surface area (Å²) in [7, 11) is 0. The fourth-order valence-electron chi connectivity index (χ4n) is 3.41. The molecular formula is C22H20ClN5O5. The molecule has 4 rings (SSSR count). The molecule has 0 radical (unpaired) electrons. The first-order valence-corrected chi connectivity index (χ1v) is 10.5. The average Bonchev–Trinajstić information content (AvgIpc) is 3.41. The Morgan fingerprint density at radius 3 is 2.73 bits per heavy atom. The van der Waals surface area contributed by atoms with E-state index >= 15 is 0 Å². The summed E-state index contributed by atoms with van der Waals surface area (Å²) in [6.07, 6.45) is 1.08. The van der Waals surface area contributed by atoms with Gasteiger partial charge in [0.05, 0.1) is 28.6 Å². The van der Waals surface area contributed by atoms with Crippen LogP contribution in [0.3, 0.4) is 0 Å². The lowest BCUT2D eigenvalue weighted by atomic mass is 10.1. The van der Waals surface area contributed by atoms with Gasteiger partial charge in [-0.3, -0.25) is 19.6 Å². The van der Waals surface area contributed by atoms with Gasteiger partial charge in [-0.1, -0.05) is 16.8 Å². The maximum atomic E-state index is 12.8. The Balaban J connectivity index is 1.48. The monoisotopic (exact) mass is 469 g/mol. The Labute approximate surface area is 193 Å². The van der Waals surface area contributed by atoms with E-state index in [1.807, 2.05) is 18.5 Å². The third-order valence-corrected chi connectivity index (χ3v) is 5.35. The summed E-state index contributed by atoms with van der Waals surface area (Å²) >= 11 is 5.87. The molecule has 1 atom stereocenters. The van der Waals surface area contributed by atoms with Gasteiger partial charge in [0.1, 0.15) is 11.5 Å². The van der Waals surface area contributed by atoms with Gasteiger partial charge in [-0.2, -0.15) is 5.10 Å². The highest BCUT2D eigenvalue weighted by atomic mass is 35.5. The Morgan fingerprint density at radius 2 is 2.06 bits per heavy atom. The predicted octanol–water partition coefficient (Wildman–Crippen LogP) is 4.70. The van der Waals surface area contributed by atoms with E-state index in [4.69, 9.17) is 21.2 Å². The highest BCUT2D eigenvalue weighted by Crippen LogP contribution is 2.31. The highest BCUT2D eigenvalue weighted by Gasteiger charge is 2.31. The number of ether oxygens (including phenoxy) is 1. The molecule has 1 amide bonds. The van der Waals surface area contributed by atoms with E-state index in [-0.39, 0.29) is 23.5 Å². The Morgan fingerprint density at radius 1 is 1.30 bits per heavy atom. The van der Waals surface area contributed by atoms with E-state index in [2.05, 4.69) is 15.6 Å². The van der Waals surface area contributed by atoms with Gasteiger partial charge in [0.15, 0.2) is 0 Å². The van der Waals surface area contributed by atoms with Gasteiger partial charge < -0.3 is 14.9 Å². The van der Waals surface area contributed by atoms with Gasteiger partial charge in [-0.05, 0) is 38.1 Å². The number of carbonyl (C=O) groups excluding carboxylic acids is 1. The molecule has 0 bridgehead atoms. The number of halogens is 1. The fourth-order valence-corrected chi connectivity index (χ4v) is 3.53. The molecule has 170 valence electrons. The maximum absolute atomic E-state index is 12.8. The van der Waals surface area contributed by atoms with Crippen molar-refractivity contribution in [3.63, 3.8) is 0 Å². The van der Waals surface area contributed by atoms with Crippen LogP contribution in [0.25, 0.3) is 0 Å². The molecule has 2 aromatic carbocycles. The predicted molar refractivity (Wildman–Crippen MR) is 122 cm³/mol. The molecule has 1 aliphatic rings. The Bertz CT molecular complexity index is 1240. The minimum absolute atomic E-state index is 0.189. The summed E-state index contributed by atoms with van der Waals surface area (Å²) < 4.78 is 7.53. The molecule has 0 fully saturated rings. The second kappa shape index (κ2) is 9.29. The van der Waals surface area contributed by atoms with E-state index in [9.17, 15) is 14.9 Å². The number of carbonyl (C=O) groups is 1. The summed E-state index contributed by atoms with van der Waals surface area (Å²) in [6, 6.07) is 10.5. The Kier molecular flexibility index (Phi) is 6.27. The van der Waals surface area contributed by atoms with Gasteiger partial charge in [-0.15, -0.1) is 0 Å². The number of rotatable bonds is 7. The van der Waals surface area contributed by atoms with E-state index < -0.39 is 16.9 Å². The molecule has 0 saturated heterocycles. The van der Waals surface area contributed by atoms with Crippen LogP contribution < -0.4 is 10.1 Å². The molecule has 1 N–H and O–H groups in total. The van der Waals surface area contributed by atoms with E-state index in [0.717, 1.165) is 17.8 Å². The first-order valence-electron chi connectivity index (χ1n) is 10.1. The van der Waals surface area contributed by atoms with Crippen LogP contribution >= 0.6 is 11.6 Å². The van der Waals surface area contributed by atoms with Gasteiger partial charge >= 0.3 is 0 Å². The zero-order valence-corrected chi connectivity index (χ0v) is 18.6. The van der Waals surface area contributed by atoms with Crippen LogP contribution in [-0.2, 0) is 16.2 Å². The fraction of sp³-hybridized carbons (Fsp3) is 0.227. The van der Waals surface area contributed by atoms with Crippen molar-refractivity contribution >= 4 is 34.6 Å². The summed E-state index contributed by atoms with van der Waals surface area (Å²) in [5.74, 6) is 0.151. The largest absolute Gasteiger partial charge is 0.457 e. The molecule has 1 aromatic heterocycles. The maximum Gasteiger partial charge on any atom is 0.275 e. The average molecular weight is 470 g/mol. The normalized spacial score (nSPS) is 15.0. The molecule has 33 heavy (non-hydrogen) atoms. The van der Waals surface area contributed by atoms with Crippen LogP contribution in [-0.4, -0.2) is 32.4 Å². The molecule has 10 nitrogen and oxygen atoms in total. The number of nitrogens with one attached hydrogen (secondary N) is 1. The van der Waals surface area contributed by atoms with Crippen molar-refractivity contribution in [3.8, 4) is 11.5 Å². The van der Waals surface area contributed by atoms with Gasteiger partial charge in [0.25, 0.3) is 11.6 Å². The minimum atomic E-state index is -0.871. The van der Waals surface area contributed by atoms with Crippen molar-refractivity contribution in [1.29, 1.82) is 0 Å². The number of amides is 1. The third kappa shape index (κ3) is 4.96. The highest BCUT2D eigenvalue weighted by molar-refractivity contribution is 6.30. The number of nitrogens with zero attached hydrogens (tertiary/aromatic N) is 4. The summed E-state index contributed by atoms with van der Waals surface area (Å²) in [5.41, 5.74) is 2.34. The standard InChI is InChI=1S/C22H20ClN5O5/c1-3-27-13(2)19(12-24-27)20-11-21(33-26-20)22(29)25-15-8-16(28(30)31)10-18(9-15)32-17-6-4-14(23)5-7-17/h4-10,12,21H,3,11H2,1-2H3,(H,25,29)/t21-/m1/s1. The number of aromatic nitrogens is 2. The Hall–Kier alpha value is -3.92. The lowest BCUT2D eigenvalue weighted by molar-refractivity contribution is -0.384. The van der Waals surface area contributed by atoms with Gasteiger partial charge in [-0.25, -0.2) is 0 Å². The van der Waals surface area contributed by atoms with Crippen LogP contribution in [0.5, 0.6) is 11.5 Å². The number of nitro benzene ring substituents is 1. The minimum Gasteiger partial charge on any atom is -0.457 e. The summed E-state index contributed by atoms with van der Waals surface area (Å²) in [5, 5.41) is 22.9. The third-order valence-electron chi connectivity index (χ3n) is 5.09. The number of anilines is 1. The first-order chi connectivity index (χ1) is 15.8. The number of hydrogen-bond donors (Lipinski definition) is 1. The van der Waals surface area contributed by atoms with Crippen molar-refractivity contribution in [3.05, 3.63) is 75.1 Å². The number of oxime groups is 1. The summed E-state index contributed by atoms with van der Waals surface area (Å²) in [6.45, 7) is 4.63. The van der Waals surface area contributed by atoms with Crippen molar-refractivity contribution in [2.75, 3.05) is 5.32 Å². The SMILES string of the molecule is CCn1ncc(C2=NO[C@@H](C(=O)Nc3cc(Oc4ccc(Cl)cc4)cc([N+](=O)[O-])c3)C2)c1C. The van der Waals surface area contributed by atoms with Crippen molar-refractivity contribution in [1.82, 2.24) is 9.78 Å². The smallest absolute Gasteiger partial charge is 0.275 e. The van der Waals surface area contributed by atoms with Crippen LogP contribution in [0.4, 0.5) is 11.4 Å². The number of benzene rings is 2. The van der Waals surface area contributed by atoms with Crippen LogP contribution in [0.15, 0.2) is 53.8 Å². The summed E-state index contributed by atoms with van der Waals surface area (Å²) in [4.78, 5) is 28.9. The van der Waals surface area contributed by atoms with Gasteiger partial charge in [0.2, 0.25) is 6.10 Å². The quantitative estimate of drug-likeness (QED) is 0.395. The molecule has 0 spiro atoms. The zero-order valence-electron chi connectivity index (χ0n) is 17.8. The van der Waals surface area contributed by atoms with Crippen LogP contribution in [0.1, 0.15) is 24.6 Å². The van der Waals surface area contributed by atoms with Crippen molar-refractivity contribution in [2.45, 2.75) is 32.9 Å². The molecule has 11 heteroatoms. The van der Waals surface area contributed by atoms with E-state index in [1.54, 1.807) is 30.5 Å². The van der Waals surface area contributed by atoms with E-state index in [1.165, 1.54) is 18.2 Å². The molecule has 0 saturated carbocycles. The molecule has 2 heterocycles. The van der Waals surface area contributed by atoms with Crippen LogP contribution in [0.2, 0.25) is 5.02 Å². The van der Waals surface area contributed by atoms with Crippen molar-refractivity contribution in [2.24, 2.45) is 5.16 Å². The molecule has 1 aliphatic heterocycles. The molecule has 0 unspecified atom stereocenters. The molecule has 0 aliphatic carbocycles. The van der Waals surface area contributed by atoms with Crippen molar-refractivity contribution < 1.29 is 19.3 Å². The molecular weight excluding hydrogens is 450 g/mol. The van der Waals surface area contributed by atoms with E-state index in [0.29, 0.717) is 16.5 Å². The number of aryl methyl sites for hydroxylation is 1. The zero-order chi connectivity index (χ0) is 23.5.